The third kappa shape index (κ3) is 2.86. The molecule has 2 aromatic rings. The number of aromatic hydroxyl groups is 1. The van der Waals surface area contributed by atoms with Crippen molar-refractivity contribution in [3.05, 3.63) is 76.0 Å². The van der Waals surface area contributed by atoms with E-state index in [9.17, 15) is 20.0 Å². The first-order valence-electron chi connectivity index (χ1n) is 7.49. The van der Waals surface area contributed by atoms with E-state index in [2.05, 4.69) is 0 Å². The minimum atomic E-state index is -0.458. The Morgan fingerprint density at radius 3 is 2.46 bits per heavy atom. The summed E-state index contributed by atoms with van der Waals surface area (Å²) in [6, 6.07) is 12.7. The fraction of sp³-hybridized carbons (Fsp3) is 0.167. The molecule has 24 heavy (non-hydrogen) atoms. The summed E-state index contributed by atoms with van der Waals surface area (Å²) >= 11 is 0. The lowest BCUT2D eigenvalue weighted by Gasteiger charge is -2.35. The molecular weight excluding hydrogens is 308 g/mol. The summed E-state index contributed by atoms with van der Waals surface area (Å²) in [6.45, 7) is 1.74. The standard InChI is InChI=1S/C18H16N2O4/c1-12-11-19(15-4-2-3-5-17(15)21)16(10-18(12)22)13-6-8-14(9-7-13)20(23)24/h2-9,11,16,21H,10H2,1H3/t16-/m0/s1. The Kier molecular flexibility index (Phi) is 4.04. The van der Waals surface area contributed by atoms with Gasteiger partial charge in [0.15, 0.2) is 5.78 Å². The average molecular weight is 324 g/mol. The SMILES string of the molecule is CC1=CN(c2ccccc2O)[C@H](c2ccc([N+](=O)[O-])cc2)CC1=O. The largest absolute Gasteiger partial charge is 0.506 e. The molecule has 6 heteroatoms. The van der Waals surface area contributed by atoms with Crippen LogP contribution in [0.15, 0.2) is 60.3 Å². The number of phenolic OH excluding ortho intramolecular Hbond substituents is 1. The molecule has 1 heterocycles. The number of Topliss-reactive ketones (excluding diaryl/α,β-unsaturated/α-hetero) is 1. The Morgan fingerprint density at radius 1 is 1.17 bits per heavy atom. The van der Waals surface area contributed by atoms with Gasteiger partial charge in [0.2, 0.25) is 0 Å². The van der Waals surface area contributed by atoms with Crippen molar-refractivity contribution in [2.45, 2.75) is 19.4 Å². The first-order valence-corrected chi connectivity index (χ1v) is 7.49. The van der Waals surface area contributed by atoms with Gasteiger partial charge in [-0.05, 0) is 24.6 Å². The van der Waals surface area contributed by atoms with Crippen LogP contribution in [0.1, 0.15) is 24.9 Å². The molecule has 6 nitrogen and oxygen atoms in total. The van der Waals surface area contributed by atoms with E-state index in [0.717, 1.165) is 5.56 Å². The monoisotopic (exact) mass is 324 g/mol. The van der Waals surface area contributed by atoms with Gasteiger partial charge in [0, 0.05) is 30.3 Å². The quantitative estimate of drug-likeness (QED) is 0.687. The van der Waals surface area contributed by atoms with E-state index in [4.69, 9.17) is 0 Å². The molecule has 2 aromatic carbocycles. The van der Waals surface area contributed by atoms with Crippen molar-refractivity contribution < 1.29 is 14.8 Å². The number of allylic oxidation sites excluding steroid dienone is 1. The summed E-state index contributed by atoms with van der Waals surface area (Å²) in [5.41, 5.74) is 1.98. The zero-order valence-electron chi connectivity index (χ0n) is 13.0. The smallest absolute Gasteiger partial charge is 0.269 e. The van der Waals surface area contributed by atoms with E-state index >= 15 is 0 Å². The number of nitro benzene ring substituents is 1. The number of carbonyl (C=O) groups is 1. The molecule has 122 valence electrons. The topological polar surface area (TPSA) is 83.7 Å². The zero-order valence-corrected chi connectivity index (χ0v) is 13.0. The second kappa shape index (κ2) is 6.16. The maximum absolute atomic E-state index is 12.1. The van der Waals surface area contributed by atoms with Crippen molar-refractivity contribution in [2.24, 2.45) is 0 Å². The van der Waals surface area contributed by atoms with Crippen molar-refractivity contribution in [3.63, 3.8) is 0 Å². The lowest BCUT2D eigenvalue weighted by Crippen LogP contribution is -2.31. The van der Waals surface area contributed by atoms with Gasteiger partial charge in [0.25, 0.3) is 5.69 Å². The van der Waals surface area contributed by atoms with Crippen LogP contribution in [0, 0.1) is 10.1 Å². The second-order valence-corrected chi connectivity index (χ2v) is 5.70. The van der Waals surface area contributed by atoms with Crippen LogP contribution in [0.25, 0.3) is 0 Å². The lowest BCUT2D eigenvalue weighted by atomic mass is 9.93. The number of nitrogens with zero attached hydrogens (tertiary/aromatic N) is 2. The number of benzene rings is 2. The molecule has 0 bridgehead atoms. The normalized spacial score (nSPS) is 17.5. The highest BCUT2D eigenvalue weighted by Crippen LogP contribution is 2.39. The zero-order chi connectivity index (χ0) is 17.3. The molecule has 0 radical (unpaired) electrons. The Balaban J connectivity index is 2.05. The number of anilines is 1. The number of para-hydroxylation sites is 2. The van der Waals surface area contributed by atoms with Crippen molar-refractivity contribution in [1.82, 2.24) is 0 Å². The fourth-order valence-corrected chi connectivity index (χ4v) is 2.82. The van der Waals surface area contributed by atoms with Crippen LogP contribution in [-0.2, 0) is 4.79 Å². The predicted molar refractivity (Wildman–Crippen MR) is 89.8 cm³/mol. The first kappa shape index (κ1) is 15.7. The summed E-state index contributed by atoms with van der Waals surface area (Å²) in [6.07, 6.45) is 1.96. The molecule has 0 saturated heterocycles. The molecule has 0 unspecified atom stereocenters. The Labute approximate surface area is 138 Å². The molecule has 0 saturated carbocycles. The minimum absolute atomic E-state index is 0.00159. The maximum Gasteiger partial charge on any atom is 0.269 e. The summed E-state index contributed by atoms with van der Waals surface area (Å²) in [5.74, 6) is 0.132. The van der Waals surface area contributed by atoms with Crippen LogP contribution >= 0.6 is 0 Å². The molecule has 1 aliphatic heterocycles. The summed E-state index contributed by atoms with van der Waals surface area (Å²) < 4.78 is 0. The number of hydrogen-bond acceptors (Lipinski definition) is 5. The molecule has 0 aliphatic carbocycles. The molecule has 1 N–H and O–H groups in total. The number of phenols is 1. The van der Waals surface area contributed by atoms with E-state index in [0.29, 0.717) is 11.3 Å². The molecule has 0 amide bonds. The second-order valence-electron chi connectivity index (χ2n) is 5.70. The van der Waals surface area contributed by atoms with Gasteiger partial charge in [-0.3, -0.25) is 14.9 Å². The summed E-state index contributed by atoms with van der Waals surface area (Å²) in [5, 5.41) is 21.0. The maximum atomic E-state index is 12.1. The molecular formula is C18H16N2O4. The fourth-order valence-electron chi connectivity index (χ4n) is 2.82. The predicted octanol–water partition coefficient (Wildman–Crippen LogP) is 3.72. The number of carbonyl (C=O) groups excluding carboxylic acids is 1. The van der Waals surface area contributed by atoms with Gasteiger partial charge >= 0.3 is 0 Å². The Morgan fingerprint density at radius 2 is 1.83 bits per heavy atom. The van der Waals surface area contributed by atoms with Crippen molar-refractivity contribution in [2.75, 3.05) is 4.90 Å². The number of hydrogen-bond donors (Lipinski definition) is 1. The van der Waals surface area contributed by atoms with Crippen molar-refractivity contribution >= 4 is 17.2 Å². The lowest BCUT2D eigenvalue weighted by molar-refractivity contribution is -0.384. The van der Waals surface area contributed by atoms with Gasteiger partial charge in [-0.25, -0.2) is 0 Å². The highest BCUT2D eigenvalue weighted by molar-refractivity contribution is 5.97. The molecule has 0 aromatic heterocycles. The number of rotatable bonds is 3. The average Bonchev–Trinajstić information content (AvgIpc) is 2.57. The van der Waals surface area contributed by atoms with Gasteiger partial charge < -0.3 is 10.0 Å². The molecule has 1 atom stereocenters. The molecule has 0 spiro atoms. The number of ketones is 1. The van der Waals surface area contributed by atoms with Crippen molar-refractivity contribution in [3.8, 4) is 5.75 Å². The summed E-state index contributed by atoms with van der Waals surface area (Å²) in [4.78, 5) is 24.3. The molecule has 1 aliphatic rings. The van der Waals surface area contributed by atoms with Crippen LogP contribution in [0.3, 0.4) is 0 Å². The van der Waals surface area contributed by atoms with Crippen LogP contribution in [0.4, 0.5) is 11.4 Å². The number of non-ortho nitro benzene ring substituents is 1. The van der Waals surface area contributed by atoms with Crippen LogP contribution in [0.5, 0.6) is 5.75 Å². The van der Waals surface area contributed by atoms with Gasteiger partial charge in [0.1, 0.15) is 5.75 Å². The molecule has 3 rings (SSSR count). The van der Waals surface area contributed by atoms with E-state index in [1.165, 1.54) is 12.1 Å². The van der Waals surface area contributed by atoms with E-state index in [-0.39, 0.29) is 29.7 Å². The van der Waals surface area contributed by atoms with Crippen LogP contribution < -0.4 is 4.90 Å². The Bertz CT molecular complexity index is 827. The third-order valence-electron chi connectivity index (χ3n) is 4.14. The first-order chi connectivity index (χ1) is 11.5. The third-order valence-corrected chi connectivity index (χ3v) is 4.14. The van der Waals surface area contributed by atoms with Crippen LogP contribution in [-0.4, -0.2) is 15.8 Å². The van der Waals surface area contributed by atoms with E-state index < -0.39 is 4.92 Å². The highest BCUT2D eigenvalue weighted by Gasteiger charge is 2.29. The minimum Gasteiger partial charge on any atom is -0.506 e. The van der Waals surface area contributed by atoms with E-state index in [1.54, 1.807) is 43.5 Å². The van der Waals surface area contributed by atoms with Crippen LogP contribution in [0.2, 0.25) is 0 Å². The van der Waals surface area contributed by atoms with Gasteiger partial charge in [-0.2, -0.15) is 0 Å². The van der Waals surface area contributed by atoms with Gasteiger partial charge in [-0.15, -0.1) is 0 Å². The van der Waals surface area contributed by atoms with Crippen molar-refractivity contribution in [1.29, 1.82) is 0 Å². The van der Waals surface area contributed by atoms with Gasteiger partial charge in [0.05, 0.1) is 16.7 Å². The Hall–Kier alpha value is -3.15. The highest BCUT2D eigenvalue weighted by atomic mass is 16.6. The number of nitro groups is 1. The molecule has 0 fully saturated rings. The summed E-state index contributed by atoms with van der Waals surface area (Å²) in [7, 11) is 0. The van der Waals surface area contributed by atoms with Gasteiger partial charge in [-0.1, -0.05) is 24.3 Å². The van der Waals surface area contributed by atoms with E-state index in [1.807, 2.05) is 11.0 Å².